The van der Waals surface area contributed by atoms with Crippen LogP contribution < -0.4 is 11.1 Å². The lowest BCUT2D eigenvalue weighted by molar-refractivity contribution is -0.107. The van der Waals surface area contributed by atoms with E-state index in [0.717, 1.165) is 6.07 Å². The predicted molar refractivity (Wildman–Crippen MR) is 37.5 cm³/mol. The Morgan fingerprint density at radius 3 is 2.73 bits per heavy atom. The van der Waals surface area contributed by atoms with E-state index in [4.69, 9.17) is 0 Å². The fraction of sp³-hybridized carbons (Fsp3) is 0.167. The average molecular weight is 154 g/mol. The molecule has 11 heavy (non-hydrogen) atoms. The Bertz CT molecular complexity index is 363. The van der Waals surface area contributed by atoms with Crippen molar-refractivity contribution in [3.8, 4) is 0 Å². The number of aldehydes is 1. The van der Waals surface area contributed by atoms with E-state index in [9.17, 15) is 14.4 Å². The van der Waals surface area contributed by atoms with Crippen LogP contribution in [-0.2, 0) is 11.2 Å². The SMILES string of the molecule is O=CCc1cc(=O)[nH][nH]c1=O. The van der Waals surface area contributed by atoms with Gasteiger partial charge in [0.25, 0.3) is 11.1 Å². The van der Waals surface area contributed by atoms with Crippen LogP contribution in [0.5, 0.6) is 0 Å². The number of nitrogens with one attached hydrogen (secondary N) is 2. The van der Waals surface area contributed by atoms with Gasteiger partial charge in [-0.15, -0.1) is 0 Å². The van der Waals surface area contributed by atoms with Gasteiger partial charge in [-0.25, -0.2) is 0 Å². The number of hydrogen-bond acceptors (Lipinski definition) is 3. The Labute approximate surface area is 61.1 Å². The fourth-order valence-corrected chi connectivity index (χ4v) is 0.700. The van der Waals surface area contributed by atoms with Gasteiger partial charge in [-0.1, -0.05) is 0 Å². The van der Waals surface area contributed by atoms with Crippen molar-refractivity contribution in [3.63, 3.8) is 0 Å². The Morgan fingerprint density at radius 2 is 2.09 bits per heavy atom. The van der Waals surface area contributed by atoms with Crippen molar-refractivity contribution in [3.05, 3.63) is 32.3 Å². The second-order valence-electron chi connectivity index (χ2n) is 1.98. The van der Waals surface area contributed by atoms with Gasteiger partial charge in [0.2, 0.25) is 0 Å². The third kappa shape index (κ3) is 1.64. The Morgan fingerprint density at radius 1 is 1.36 bits per heavy atom. The van der Waals surface area contributed by atoms with Crippen molar-refractivity contribution in [1.29, 1.82) is 0 Å². The van der Waals surface area contributed by atoms with Crippen LogP contribution in [0.3, 0.4) is 0 Å². The molecule has 0 radical (unpaired) electrons. The van der Waals surface area contributed by atoms with Gasteiger partial charge in [-0.3, -0.25) is 19.8 Å². The molecule has 0 saturated carbocycles. The molecule has 1 rings (SSSR count). The smallest absolute Gasteiger partial charge is 0.266 e. The van der Waals surface area contributed by atoms with Crippen molar-refractivity contribution in [2.45, 2.75) is 6.42 Å². The highest BCUT2D eigenvalue weighted by Crippen LogP contribution is 1.80. The summed E-state index contributed by atoms with van der Waals surface area (Å²) in [6, 6.07) is 1.10. The third-order valence-electron chi connectivity index (χ3n) is 1.20. The maximum absolute atomic E-state index is 10.8. The van der Waals surface area contributed by atoms with Crippen LogP contribution in [0.1, 0.15) is 5.56 Å². The molecule has 0 spiro atoms. The van der Waals surface area contributed by atoms with Crippen molar-refractivity contribution < 1.29 is 4.79 Å². The van der Waals surface area contributed by atoms with Crippen molar-refractivity contribution in [1.82, 2.24) is 10.2 Å². The molecule has 0 amide bonds. The zero-order valence-corrected chi connectivity index (χ0v) is 5.59. The number of aromatic nitrogens is 2. The van der Waals surface area contributed by atoms with E-state index < -0.39 is 11.1 Å². The molecule has 0 aromatic carbocycles. The lowest BCUT2D eigenvalue weighted by Gasteiger charge is -1.89. The first-order valence-corrected chi connectivity index (χ1v) is 2.98. The second-order valence-corrected chi connectivity index (χ2v) is 1.98. The Kier molecular flexibility index (Phi) is 2.00. The number of carbonyl (C=O) groups is 1. The monoisotopic (exact) mass is 154 g/mol. The van der Waals surface area contributed by atoms with Crippen LogP contribution in [0.4, 0.5) is 0 Å². The second kappa shape index (κ2) is 2.96. The minimum atomic E-state index is -0.434. The standard InChI is InChI=1S/C6H6N2O3/c9-2-1-4-3-5(10)7-8-6(4)11/h2-3H,1H2,(H,7,10)(H,8,11). The summed E-state index contributed by atoms with van der Waals surface area (Å²) in [7, 11) is 0. The molecule has 0 bridgehead atoms. The molecule has 5 nitrogen and oxygen atoms in total. The molecular formula is C6H6N2O3. The maximum atomic E-state index is 10.8. The average Bonchev–Trinajstić information content (AvgIpc) is 1.98. The number of aromatic amines is 2. The van der Waals surface area contributed by atoms with E-state index in [2.05, 4.69) is 10.2 Å². The first kappa shape index (κ1) is 7.46. The van der Waals surface area contributed by atoms with Crippen LogP contribution >= 0.6 is 0 Å². The summed E-state index contributed by atoms with van der Waals surface area (Å²) < 4.78 is 0. The predicted octanol–water partition coefficient (Wildman–Crippen LogP) is -1.20. The number of H-pyrrole nitrogens is 2. The van der Waals surface area contributed by atoms with Crippen LogP contribution in [0.15, 0.2) is 15.7 Å². The minimum Gasteiger partial charge on any atom is -0.303 e. The molecule has 5 heteroatoms. The van der Waals surface area contributed by atoms with E-state index in [1.54, 1.807) is 0 Å². The largest absolute Gasteiger partial charge is 0.303 e. The van der Waals surface area contributed by atoms with E-state index >= 15 is 0 Å². The summed E-state index contributed by atoms with van der Waals surface area (Å²) in [5.41, 5.74) is -0.665. The molecule has 1 heterocycles. The van der Waals surface area contributed by atoms with Crippen LogP contribution in [0.25, 0.3) is 0 Å². The molecule has 0 unspecified atom stereocenters. The normalized spacial score (nSPS) is 9.45. The molecule has 1 aromatic rings. The fourth-order valence-electron chi connectivity index (χ4n) is 0.700. The summed E-state index contributed by atoms with van der Waals surface area (Å²) in [6.45, 7) is 0. The van der Waals surface area contributed by atoms with Gasteiger partial charge in [0.1, 0.15) is 6.29 Å². The molecule has 0 fully saturated rings. The van der Waals surface area contributed by atoms with Gasteiger partial charge < -0.3 is 4.79 Å². The van der Waals surface area contributed by atoms with Crippen molar-refractivity contribution in [2.75, 3.05) is 0 Å². The highest BCUT2D eigenvalue weighted by Gasteiger charge is 1.97. The van der Waals surface area contributed by atoms with Crippen molar-refractivity contribution in [2.24, 2.45) is 0 Å². The zero-order chi connectivity index (χ0) is 8.27. The number of carbonyl (C=O) groups excluding carboxylic acids is 1. The first-order valence-electron chi connectivity index (χ1n) is 2.98. The number of hydrogen-bond donors (Lipinski definition) is 2. The number of rotatable bonds is 2. The molecule has 0 atom stereocenters. The molecule has 0 aliphatic carbocycles. The topological polar surface area (TPSA) is 82.8 Å². The van der Waals surface area contributed by atoms with Gasteiger partial charge in [-0.2, -0.15) is 0 Å². The highest BCUT2D eigenvalue weighted by molar-refractivity contribution is 5.54. The summed E-state index contributed by atoms with van der Waals surface area (Å²) in [5, 5.41) is 4.19. The van der Waals surface area contributed by atoms with E-state index in [0.29, 0.717) is 6.29 Å². The van der Waals surface area contributed by atoms with E-state index in [1.165, 1.54) is 0 Å². The van der Waals surface area contributed by atoms with Crippen LogP contribution in [-0.4, -0.2) is 16.5 Å². The van der Waals surface area contributed by atoms with Gasteiger partial charge in [0.05, 0.1) is 0 Å². The molecule has 58 valence electrons. The van der Waals surface area contributed by atoms with Gasteiger partial charge in [-0.05, 0) is 0 Å². The van der Waals surface area contributed by atoms with Gasteiger partial charge >= 0.3 is 0 Å². The van der Waals surface area contributed by atoms with Gasteiger partial charge in [0.15, 0.2) is 0 Å². The van der Waals surface area contributed by atoms with Crippen molar-refractivity contribution >= 4 is 6.29 Å². The first-order chi connectivity index (χ1) is 5.24. The highest BCUT2D eigenvalue weighted by atomic mass is 16.1. The molecule has 2 N–H and O–H groups in total. The summed E-state index contributed by atoms with van der Waals surface area (Å²) in [5.74, 6) is 0. The lowest BCUT2D eigenvalue weighted by atomic mass is 10.2. The molecule has 1 aromatic heterocycles. The summed E-state index contributed by atoms with van der Waals surface area (Å²) in [4.78, 5) is 31.3. The third-order valence-corrected chi connectivity index (χ3v) is 1.20. The summed E-state index contributed by atoms with van der Waals surface area (Å²) >= 11 is 0. The Balaban J connectivity index is 3.23. The minimum absolute atomic E-state index is 0.0285. The Hall–Kier alpha value is -1.65. The maximum Gasteiger partial charge on any atom is 0.266 e. The molecular weight excluding hydrogens is 148 g/mol. The quantitative estimate of drug-likeness (QED) is 0.525. The van der Waals surface area contributed by atoms with Gasteiger partial charge in [0, 0.05) is 18.1 Å². The van der Waals surface area contributed by atoms with Crippen LogP contribution in [0, 0.1) is 0 Å². The lowest BCUT2D eigenvalue weighted by Crippen LogP contribution is -2.21. The van der Waals surface area contributed by atoms with Crippen LogP contribution in [0.2, 0.25) is 0 Å². The summed E-state index contributed by atoms with van der Waals surface area (Å²) in [6.07, 6.45) is 0.545. The molecule has 0 saturated heterocycles. The molecule has 0 aliphatic rings. The molecule has 0 aliphatic heterocycles. The zero-order valence-electron chi connectivity index (χ0n) is 5.59. The van der Waals surface area contributed by atoms with E-state index in [1.807, 2.05) is 0 Å². The van der Waals surface area contributed by atoms with E-state index in [-0.39, 0.29) is 12.0 Å².